The number of hydrogen-bond donors (Lipinski definition) is 1. The van der Waals surface area contributed by atoms with Crippen LogP contribution < -0.4 is 5.30 Å². The first kappa shape index (κ1) is 10.8. The van der Waals surface area contributed by atoms with E-state index in [9.17, 15) is 14.3 Å². The highest BCUT2D eigenvalue weighted by molar-refractivity contribution is 7.61. The number of carbonyl (C=O) groups is 1. The Hall–Kier alpha value is -1.32. The largest absolute Gasteiger partial charge is 0.514 e. The van der Waals surface area contributed by atoms with Gasteiger partial charge in [0.05, 0.1) is 12.4 Å². The van der Waals surface area contributed by atoms with Crippen LogP contribution in [-0.2, 0) is 13.8 Å². The molecule has 5 nitrogen and oxygen atoms in total. The van der Waals surface area contributed by atoms with E-state index in [1.54, 1.807) is 18.2 Å². The molecule has 1 atom stereocenters. The Bertz CT molecular complexity index is 361. The summed E-state index contributed by atoms with van der Waals surface area (Å²) in [5.74, 6) is 0. The molecule has 6 heteroatoms. The minimum Gasteiger partial charge on any atom is -0.437 e. The van der Waals surface area contributed by atoms with Gasteiger partial charge in [-0.15, -0.1) is 0 Å². The van der Waals surface area contributed by atoms with Crippen LogP contribution in [-0.4, -0.2) is 18.2 Å². The SMILES string of the molecule is COC(=O)OP(=O)(O)c1ccccc1. The molecule has 1 rings (SSSR count). The Balaban J connectivity index is 2.86. The van der Waals surface area contributed by atoms with Gasteiger partial charge in [0, 0.05) is 0 Å². The summed E-state index contributed by atoms with van der Waals surface area (Å²) < 4.78 is 19.8. The molecule has 1 aromatic carbocycles. The van der Waals surface area contributed by atoms with E-state index in [4.69, 9.17) is 0 Å². The highest BCUT2D eigenvalue weighted by Gasteiger charge is 2.27. The molecule has 0 aliphatic rings. The van der Waals surface area contributed by atoms with Crippen molar-refractivity contribution in [1.29, 1.82) is 0 Å². The second kappa shape index (κ2) is 4.26. The summed E-state index contributed by atoms with van der Waals surface area (Å²) in [5, 5.41) is 0.0467. The van der Waals surface area contributed by atoms with Gasteiger partial charge in [-0.3, -0.25) is 0 Å². The lowest BCUT2D eigenvalue weighted by atomic mass is 10.4. The van der Waals surface area contributed by atoms with Gasteiger partial charge in [0.15, 0.2) is 0 Å². The molecule has 0 aliphatic carbocycles. The van der Waals surface area contributed by atoms with E-state index in [-0.39, 0.29) is 5.30 Å². The molecule has 0 amide bonds. The summed E-state index contributed by atoms with van der Waals surface area (Å²) in [7, 11) is -3.03. The van der Waals surface area contributed by atoms with E-state index in [0.29, 0.717) is 0 Å². The topological polar surface area (TPSA) is 72.8 Å². The summed E-state index contributed by atoms with van der Waals surface area (Å²) in [6.45, 7) is 0. The Morgan fingerprint density at radius 1 is 1.36 bits per heavy atom. The lowest BCUT2D eigenvalue weighted by Crippen LogP contribution is -2.11. The van der Waals surface area contributed by atoms with Crippen LogP contribution in [0.3, 0.4) is 0 Å². The molecule has 0 aromatic heterocycles. The van der Waals surface area contributed by atoms with Crippen LogP contribution in [0.15, 0.2) is 30.3 Å². The van der Waals surface area contributed by atoms with Crippen molar-refractivity contribution < 1.29 is 23.5 Å². The Morgan fingerprint density at radius 3 is 2.43 bits per heavy atom. The van der Waals surface area contributed by atoms with Crippen molar-refractivity contribution >= 4 is 19.1 Å². The molecule has 0 spiro atoms. The van der Waals surface area contributed by atoms with E-state index in [1.807, 2.05) is 0 Å². The number of carbonyl (C=O) groups excluding carboxylic acids is 1. The van der Waals surface area contributed by atoms with Crippen molar-refractivity contribution in [1.82, 2.24) is 0 Å². The normalized spacial score (nSPS) is 14.1. The van der Waals surface area contributed by atoms with Crippen LogP contribution in [0.2, 0.25) is 0 Å². The van der Waals surface area contributed by atoms with E-state index in [0.717, 1.165) is 7.11 Å². The van der Waals surface area contributed by atoms with Crippen LogP contribution in [0.25, 0.3) is 0 Å². The van der Waals surface area contributed by atoms with Gasteiger partial charge in [-0.2, -0.15) is 0 Å². The minimum absolute atomic E-state index is 0.0467. The Labute approximate surface area is 80.8 Å². The Kier molecular flexibility index (Phi) is 3.28. The molecule has 0 aliphatic heterocycles. The zero-order chi connectivity index (χ0) is 10.6. The van der Waals surface area contributed by atoms with Crippen molar-refractivity contribution in [3.63, 3.8) is 0 Å². The average molecular weight is 216 g/mol. The molecule has 0 bridgehead atoms. The van der Waals surface area contributed by atoms with Gasteiger partial charge < -0.3 is 14.2 Å². The molecule has 0 saturated heterocycles. The van der Waals surface area contributed by atoms with Gasteiger partial charge >= 0.3 is 13.8 Å². The summed E-state index contributed by atoms with van der Waals surface area (Å²) >= 11 is 0. The van der Waals surface area contributed by atoms with Gasteiger partial charge in [0.1, 0.15) is 0 Å². The van der Waals surface area contributed by atoms with Crippen molar-refractivity contribution in [3.8, 4) is 0 Å². The van der Waals surface area contributed by atoms with E-state index >= 15 is 0 Å². The van der Waals surface area contributed by atoms with Gasteiger partial charge in [-0.05, 0) is 12.1 Å². The summed E-state index contributed by atoms with van der Waals surface area (Å²) in [5.41, 5.74) is 0. The van der Waals surface area contributed by atoms with Gasteiger partial charge in [0.25, 0.3) is 0 Å². The van der Waals surface area contributed by atoms with Crippen LogP contribution in [0, 0.1) is 0 Å². The average Bonchev–Trinajstić information content (AvgIpc) is 2.18. The van der Waals surface area contributed by atoms with Crippen LogP contribution in [0.1, 0.15) is 0 Å². The van der Waals surface area contributed by atoms with Crippen LogP contribution in [0.5, 0.6) is 0 Å². The zero-order valence-electron chi connectivity index (χ0n) is 7.41. The van der Waals surface area contributed by atoms with Crippen LogP contribution in [0.4, 0.5) is 4.79 Å². The standard InChI is InChI=1S/C8H9O5P/c1-12-8(9)13-14(10,11)7-5-3-2-4-6-7/h2-6H,1H3,(H,10,11). The molecule has 0 radical (unpaired) electrons. The monoisotopic (exact) mass is 216 g/mol. The fourth-order valence-corrected chi connectivity index (χ4v) is 1.74. The Morgan fingerprint density at radius 2 is 1.93 bits per heavy atom. The highest BCUT2D eigenvalue weighted by atomic mass is 31.2. The molecule has 1 N–H and O–H groups in total. The quantitative estimate of drug-likeness (QED) is 0.595. The third-order valence-corrected chi connectivity index (χ3v) is 2.79. The molecular formula is C8H9O5P. The van der Waals surface area contributed by atoms with Crippen molar-refractivity contribution in [2.45, 2.75) is 0 Å². The maximum absolute atomic E-state index is 11.4. The van der Waals surface area contributed by atoms with E-state index in [2.05, 4.69) is 9.26 Å². The smallest absolute Gasteiger partial charge is 0.437 e. The number of methoxy groups -OCH3 is 1. The molecule has 76 valence electrons. The first-order valence-corrected chi connectivity index (χ1v) is 5.30. The molecule has 1 aromatic rings. The summed E-state index contributed by atoms with van der Waals surface area (Å²) in [6.07, 6.45) is -1.18. The second-order valence-electron chi connectivity index (χ2n) is 2.40. The fourth-order valence-electron chi connectivity index (χ4n) is 0.807. The lowest BCUT2D eigenvalue weighted by molar-refractivity contribution is 0.118. The predicted octanol–water partition coefficient (Wildman–Crippen LogP) is 1.28. The van der Waals surface area contributed by atoms with Crippen molar-refractivity contribution in [2.75, 3.05) is 7.11 Å². The first-order chi connectivity index (χ1) is 6.56. The fraction of sp³-hybridized carbons (Fsp3) is 0.125. The maximum Gasteiger partial charge on any atom is 0.514 e. The predicted molar refractivity (Wildman–Crippen MR) is 49.4 cm³/mol. The lowest BCUT2D eigenvalue weighted by Gasteiger charge is -2.10. The van der Waals surface area contributed by atoms with Gasteiger partial charge in [0.2, 0.25) is 0 Å². The second-order valence-corrected chi connectivity index (χ2v) is 4.14. The first-order valence-electron chi connectivity index (χ1n) is 3.72. The number of hydrogen-bond acceptors (Lipinski definition) is 4. The molecular weight excluding hydrogens is 207 g/mol. The molecule has 0 saturated carbocycles. The maximum atomic E-state index is 11.4. The third kappa shape index (κ3) is 2.58. The summed E-state index contributed by atoms with van der Waals surface area (Å²) in [4.78, 5) is 19.9. The van der Waals surface area contributed by atoms with E-state index in [1.165, 1.54) is 12.1 Å². The molecule has 0 heterocycles. The molecule has 1 unspecified atom stereocenters. The van der Waals surface area contributed by atoms with Crippen LogP contribution >= 0.6 is 7.60 Å². The van der Waals surface area contributed by atoms with Crippen molar-refractivity contribution in [3.05, 3.63) is 30.3 Å². The zero-order valence-corrected chi connectivity index (χ0v) is 8.31. The highest BCUT2D eigenvalue weighted by Crippen LogP contribution is 2.40. The number of benzene rings is 1. The number of ether oxygens (including phenoxy) is 1. The van der Waals surface area contributed by atoms with Gasteiger partial charge in [-0.1, -0.05) is 18.2 Å². The summed E-state index contributed by atoms with van der Waals surface area (Å²) in [6, 6.07) is 7.60. The van der Waals surface area contributed by atoms with Gasteiger partial charge in [-0.25, -0.2) is 9.36 Å². The molecule has 14 heavy (non-hydrogen) atoms. The van der Waals surface area contributed by atoms with Crippen molar-refractivity contribution in [2.24, 2.45) is 0 Å². The third-order valence-electron chi connectivity index (χ3n) is 1.45. The van der Waals surface area contributed by atoms with E-state index < -0.39 is 13.8 Å². The minimum atomic E-state index is -4.09. The molecule has 0 fully saturated rings. The number of rotatable bonds is 2.